The van der Waals surface area contributed by atoms with Crippen LogP contribution in [0.4, 0.5) is 5.69 Å². The summed E-state index contributed by atoms with van der Waals surface area (Å²) in [7, 11) is -3.87. The SMILES string of the molecule is CC1(C)Nc2cc(Br)ccc2S(=O)(=O)C1=O. The molecule has 0 radical (unpaired) electrons. The fraction of sp³-hybridized carbons (Fsp3) is 0.300. The molecule has 0 aromatic heterocycles. The molecule has 0 bridgehead atoms. The first-order valence-electron chi connectivity index (χ1n) is 4.62. The smallest absolute Gasteiger partial charge is 0.275 e. The van der Waals surface area contributed by atoms with E-state index in [-0.39, 0.29) is 4.90 Å². The number of nitrogens with one attached hydrogen (secondary N) is 1. The first-order chi connectivity index (χ1) is 7.25. The molecule has 1 heterocycles. The highest BCUT2D eigenvalue weighted by atomic mass is 79.9. The Kier molecular flexibility index (Phi) is 2.40. The van der Waals surface area contributed by atoms with Crippen LogP contribution < -0.4 is 5.32 Å². The fourth-order valence-corrected chi connectivity index (χ4v) is 3.59. The van der Waals surface area contributed by atoms with Crippen molar-refractivity contribution in [2.45, 2.75) is 24.3 Å². The molecule has 0 atom stereocenters. The molecule has 1 aromatic carbocycles. The summed E-state index contributed by atoms with van der Waals surface area (Å²) in [6, 6.07) is 4.68. The average Bonchev–Trinajstić information content (AvgIpc) is 2.13. The van der Waals surface area contributed by atoms with Gasteiger partial charge in [0.25, 0.3) is 5.12 Å². The zero-order valence-corrected chi connectivity index (χ0v) is 11.1. The zero-order chi connectivity index (χ0) is 12.1. The van der Waals surface area contributed by atoms with E-state index in [1.807, 2.05) is 0 Å². The zero-order valence-electron chi connectivity index (χ0n) is 8.74. The first-order valence-corrected chi connectivity index (χ1v) is 6.90. The van der Waals surface area contributed by atoms with Gasteiger partial charge in [-0.25, -0.2) is 8.42 Å². The van der Waals surface area contributed by atoms with Crippen molar-refractivity contribution in [3.63, 3.8) is 0 Å². The van der Waals surface area contributed by atoms with Crippen LogP contribution in [0.5, 0.6) is 0 Å². The lowest BCUT2D eigenvalue weighted by Crippen LogP contribution is -2.48. The van der Waals surface area contributed by atoms with Gasteiger partial charge in [0.05, 0.1) is 10.6 Å². The van der Waals surface area contributed by atoms with Crippen LogP contribution in [0, 0.1) is 0 Å². The predicted molar refractivity (Wildman–Crippen MR) is 64.0 cm³/mol. The predicted octanol–water partition coefficient (Wildman–Crippen LogP) is 1.95. The van der Waals surface area contributed by atoms with Gasteiger partial charge in [-0.15, -0.1) is 0 Å². The van der Waals surface area contributed by atoms with Gasteiger partial charge in [0.1, 0.15) is 5.54 Å². The van der Waals surface area contributed by atoms with E-state index in [9.17, 15) is 13.2 Å². The monoisotopic (exact) mass is 303 g/mol. The molecule has 0 saturated carbocycles. The molecule has 86 valence electrons. The highest BCUT2D eigenvalue weighted by molar-refractivity contribution is 9.10. The van der Waals surface area contributed by atoms with Crippen molar-refractivity contribution in [2.75, 3.05) is 5.32 Å². The number of halogens is 1. The first kappa shape index (κ1) is 11.6. The molecule has 0 fully saturated rings. The van der Waals surface area contributed by atoms with Gasteiger partial charge in [0.15, 0.2) is 0 Å². The molecule has 1 aromatic rings. The molecule has 0 amide bonds. The van der Waals surface area contributed by atoms with Gasteiger partial charge in [-0.3, -0.25) is 4.79 Å². The highest BCUT2D eigenvalue weighted by Crippen LogP contribution is 2.35. The van der Waals surface area contributed by atoms with Crippen LogP contribution in [-0.4, -0.2) is 19.1 Å². The minimum atomic E-state index is -3.87. The Morgan fingerprint density at radius 3 is 2.56 bits per heavy atom. The van der Waals surface area contributed by atoms with Gasteiger partial charge in [0, 0.05) is 4.47 Å². The molecule has 1 aliphatic heterocycles. The normalized spacial score (nSPS) is 21.1. The van der Waals surface area contributed by atoms with Crippen LogP contribution in [0.25, 0.3) is 0 Å². The molecular weight excluding hydrogens is 294 g/mol. The Labute approximate surface area is 102 Å². The van der Waals surface area contributed by atoms with Crippen molar-refractivity contribution in [1.82, 2.24) is 0 Å². The summed E-state index contributed by atoms with van der Waals surface area (Å²) in [4.78, 5) is 11.8. The number of carbonyl (C=O) groups is 1. The van der Waals surface area contributed by atoms with E-state index in [2.05, 4.69) is 21.2 Å². The molecule has 0 saturated heterocycles. The summed E-state index contributed by atoms with van der Waals surface area (Å²) in [6.45, 7) is 3.10. The van der Waals surface area contributed by atoms with Gasteiger partial charge in [-0.2, -0.15) is 0 Å². The van der Waals surface area contributed by atoms with Crippen molar-refractivity contribution >= 4 is 36.6 Å². The van der Waals surface area contributed by atoms with Gasteiger partial charge in [0.2, 0.25) is 9.84 Å². The average molecular weight is 304 g/mol. The van der Waals surface area contributed by atoms with E-state index in [1.54, 1.807) is 26.0 Å². The number of sulfone groups is 1. The summed E-state index contributed by atoms with van der Waals surface area (Å²) >= 11 is 3.26. The minimum Gasteiger partial charge on any atom is -0.371 e. The largest absolute Gasteiger partial charge is 0.371 e. The van der Waals surface area contributed by atoms with Crippen molar-refractivity contribution in [3.8, 4) is 0 Å². The van der Waals surface area contributed by atoms with E-state index < -0.39 is 20.5 Å². The molecule has 4 nitrogen and oxygen atoms in total. The second kappa shape index (κ2) is 3.30. The second-order valence-electron chi connectivity index (χ2n) is 4.18. The number of rotatable bonds is 0. The van der Waals surface area contributed by atoms with E-state index in [4.69, 9.17) is 0 Å². The van der Waals surface area contributed by atoms with Crippen LogP contribution in [-0.2, 0) is 14.6 Å². The summed E-state index contributed by atoms with van der Waals surface area (Å²) in [5.74, 6) is 0. The van der Waals surface area contributed by atoms with Crippen molar-refractivity contribution in [3.05, 3.63) is 22.7 Å². The Morgan fingerprint density at radius 2 is 1.94 bits per heavy atom. The van der Waals surface area contributed by atoms with Crippen LogP contribution in [0.15, 0.2) is 27.6 Å². The lowest BCUT2D eigenvalue weighted by molar-refractivity contribution is -0.114. The van der Waals surface area contributed by atoms with Gasteiger partial charge >= 0.3 is 0 Å². The lowest BCUT2D eigenvalue weighted by atomic mass is 10.1. The molecule has 0 aliphatic carbocycles. The molecule has 16 heavy (non-hydrogen) atoms. The number of hydrogen-bond acceptors (Lipinski definition) is 4. The van der Waals surface area contributed by atoms with E-state index in [0.717, 1.165) is 4.47 Å². The van der Waals surface area contributed by atoms with E-state index in [0.29, 0.717) is 5.69 Å². The molecule has 0 spiro atoms. The van der Waals surface area contributed by atoms with Crippen molar-refractivity contribution in [2.24, 2.45) is 0 Å². The van der Waals surface area contributed by atoms with E-state index >= 15 is 0 Å². The number of fused-ring (bicyclic) bond motifs is 1. The Hall–Kier alpha value is -0.880. The summed E-state index contributed by atoms with van der Waals surface area (Å²) in [5.41, 5.74) is -0.633. The minimum absolute atomic E-state index is 0.0417. The van der Waals surface area contributed by atoms with Crippen LogP contribution in [0.1, 0.15) is 13.8 Å². The van der Waals surface area contributed by atoms with Crippen LogP contribution in [0.3, 0.4) is 0 Å². The number of anilines is 1. The van der Waals surface area contributed by atoms with Gasteiger partial charge in [-0.1, -0.05) is 15.9 Å². The fourth-order valence-electron chi connectivity index (χ4n) is 1.66. The number of hydrogen-bond donors (Lipinski definition) is 1. The maximum absolute atomic E-state index is 11.9. The second-order valence-corrected chi connectivity index (χ2v) is 6.91. The number of carbonyl (C=O) groups excluding carboxylic acids is 1. The van der Waals surface area contributed by atoms with Gasteiger partial charge in [-0.05, 0) is 32.0 Å². The topological polar surface area (TPSA) is 63.2 Å². The van der Waals surface area contributed by atoms with Crippen molar-refractivity contribution in [1.29, 1.82) is 0 Å². The van der Waals surface area contributed by atoms with E-state index in [1.165, 1.54) is 6.07 Å². The third kappa shape index (κ3) is 1.56. The van der Waals surface area contributed by atoms with Crippen molar-refractivity contribution < 1.29 is 13.2 Å². The third-order valence-corrected chi connectivity index (χ3v) is 4.86. The Balaban J connectivity index is 2.76. The third-order valence-electron chi connectivity index (χ3n) is 2.43. The lowest BCUT2D eigenvalue weighted by Gasteiger charge is -2.31. The molecule has 2 rings (SSSR count). The quantitative estimate of drug-likeness (QED) is 0.796. The maximum Gasteiger partial charge on any atom is 0.275 e. The molecule has 0 unspecified atom stereocenters. The summed E-state index contributed by atoms with van der Waals surface area (Å²) in [6.07, 6.45) is 0. The highest BCUT2D eigenvalue weighted by Gasteiger charge is 2.44. The summed E-state index contributed by atoms with van der Waals surface area (Å²) in [5, 5.41) is 2.13. The molecule has 1 aliphatic rings. The van der Waals surface area contributed by atoms with Crippen LogP contribution >= 0.6 is 15.9 Å². The molecule has 6 heteroatoms. The van der Waals surface area contributed by atoms with Gasteiger partial charge < -0.3 is 5.32 Å². The molecular formula is C10H10BrNO3S. The Morgan fingerprint density at radius 1 is 1.31 bits per heavy atom. The summed E-state index contributed by atoms with van der Waals surface area (Å²) < 4.78 is 24.6. The standard InChI is InChI=1S/C10H10BrNO3S/c1-10(2)9(13)16(14,15)8-4-3-6(11)5-7(8)12-10/h3-5,12H,1-2H3. The Bertz CT molecular complexity index is 578. The maximum atomic E-state index is 11.9. The number of benzene rings is 1. The van der Waals surface area contributed by atoms with Crippen LogP contribution in [0.2, 0.25) is 0 Å². The molecule has 1 N–H and O–H groups in total.